The highest BCUT2D eigenvalue weighted by molar-refractivity contribution is 8.13. The van der Waals surface area contributed by atoms with E-state index in [2.05, 4.69) is 0 Å². The van der Waals surface area contributed by atoms with Crippen LogP contribution < -0.4 is 0 Å². The van der Waals surface area contributed by atoms with Gasteiger partial charge >= 0.3 is 0 Å². The number of nitro groups is 1. The number of carbonyl (C=O) groups is 1. The molecule has 90 valence electrons. The number of allylic oxidation sites excluding steroid dienone is 1. The number of benzene rings is 1. The highest BCUT2D eigenvalue weighted by Gasteiger charge is 2.01. The van der Waals surface area contributed by atoms with Gasteiger partial charge < -0.3 is 0 Å². The molecule has 0 aliphatic heterocycles. The van der Waals surface area contributed by atoms with E-state index >= 15 is 0 Å². The van der Waals surface area contributed by atoms with Crippen LogP contribution >= 0.6 is 11.8 Å². The minimum Gasteiger partial charge on any atom is -0.288 e. The summed E-state index contributed by atoms with van der Waals surface area (Å²) in [6, 6.07) is 6.35. The molecule has 5 heteroatoms. The van der Waals surface area contributed by atoms with E-state index in [0.29, 0.717) is 0 Å². The van der Waals surface area contributed by atoms with Crippen LogP contribution in [0.1, 0.15) is 18.9 Å². The number of thioether (sulfide) groups is 1. The van der Waals surface area contributed by atoms with Crippen molar-refractivity contribution in [1.29, 1.82) is 0 Å². The van der Waals surface area contributed by atoms with E-state index in [-0.39, 0.29) is 10.8 Å². The van der Waals surface area contributed by atoms with E-state index in [9.17, 15) is 14.9 Å². The summed E-state index contributed by atoms with van der Waals surface area (Å²) in [7, 11) is 0. The molecular formula is C12H13NO3S. The first-order chi connectivity index (χ1) is 8.09. The van der Waals surface area contributed by atoms with Gasteiger partial charge in [-0.2, -0.15) is 0 Å². The van der Waals surface area contributed by atoms with Gasteiger partial charge in [-0.25, -0.2) is 0 Å². The fourth-order valence-corrected chi connectivity index (χ4v) is 1.74. The maximum absolute atomic E-state index is 10.7. The van der Waals surface area contributed by atoms with Crippen LogP contribution in [0.3, 0.4) is 0 Å². The standard InChI is InChI=1S/C12H13NO3S/c1-10(14)17-9-3-2-4-11-5-7-12(8-6-11)13(15)16/h2,4-8H,3,9H2,1H3. The molecule has 0 N–H and O–H groups in total. The second kappa shape index (κ2) is 6.85. The molecule has 0 amide bonds. The SMILES string of the molecule is CC(=O)SCCC=Cc1ccc([N+](=O)[O-])cc1. The monoisotopic (exact) mass is 251 g/mol. The van der Waals surface area contributed by atoms with Crippen molar-refractivity contribution in [3.8, 4) is 0 Å². The van der Waals surface area contributed by atoms with E-state index < -0.39 is 4.92 Å². The summed E-state index contributed by atoms with van der Waals surface area (Å²) in [6.07, 6.45) is 4.66. The summed E-state index contributed by atoms with van der Waals surface area (Å²) >= 11 is 1.29. The number of nitro benzene ring substituents is 1. The zero-order valence-corrected chi connectivity index (χ0v) is 10.3. The highest BCUT2D eigenvalue weighted by Crippen LogP contribution is 2.13. The number of rotatable bonds is 5. The van der Waals surface area contributed by atoms with Gasteiger partial charge in [-0.1, -0.05) is 23.9 Å². The molecule has 0 spiro atoms. The van der Waals surface area contributed by atoms with E-state index in [4.69, 9.17) is 0 Å². The Labute approximate surface area is 104 Å². The number of non-ortho nitro benzene ring substituents is 1. The average Bonchev–Trinajstić information content (AvgIpc) is 2.29. The molecule has 0 aliphatic rings. The van der Waals surface area contributed by atoms with Crippen LogP contribution in [0.2, 0.25) is 0 Å². The van der Waals surface area contributed by atoms with Crippen LogP contribution in [-0.2, 0) is 4.79 Å². The molecule has 1 aromatic carbocycles. The smallest absolute Gasteiger partial charge is 0.269 e. The van der Waals surface area contributed by atoms with Crippen molar-refractivity contribution in [3.05, 3.63) is 46.0 Å². The van der Waals surface area contributed by atoms with E-state index in [0.717, 1.165) is 17.7 Å². The van der Waals surface area contributed by atoms with Crippen molar-refractivity contribution in [1.82, 2.24) is 0 Å². The lowest BCUT2D eigenvalue weighted by Crippen LogP contribution is -1.86. The Bertz CT molecular complexity index is 426. The quantitative estimate of drug-likeness (QED) is 0.457. The maximum Gasteiger partial charge on any atom is 0.269 e. The van der Waals surface area contributed by atoms with Gasteiger partial charge in [0.25, 0.3) is 5.69 Å². The molecular weight excluding hydrogens is 238 g/mol. The lowest BCUT2D eigenvalue weighted by Gasteiger charge is -1.94. The predicted molar refractivity (Wildman–Crippen MR) is 69.9 cm³/mol. The van der Waals surface area contributed by atoms with E-state index in [1.54, 1.807) is 19.1 Å². The molecule has 1 rings (SSSR count). The first kappa shape index (κ1) is 13.4. The summed E-state index contributed by atoms with van der Waals surface area (Å²) in [5.74, 6) is 0.763. The Kier molecular flexibility index (Phi) is 5.42. The zero-order chi connectivity index (χ0) is 12.7. The van der Waals surface area contributed by atoms with Gasteiger partial charge in [-0.15, -0.1) is 0 Å². The molecule has 0 aromatic heterocycles. The lowest BCUT2D eigenvalue weighted by molar-refractivity contribution is -0.384. The van der Waals surface area contributed by atoms with Gasteiger partial charge in [-0.05, 0) is 24.1 Å². The van der Waals surface area contributed by atoms with Gasteiger partial charge in [0.1, 0.15) is 0 Å². The third-order valence-electron chi connectivity index (χ3n) is 2.00. The normalized spacial score (nSPS) is 10.6. The summed E-state index contributed by atoms with van der Waals surface area (Å²) in [5.41, 5.74) is 1.01. The number of hydrogen-bond donors (Lipinski definition) is 0. The Morgan fingerprint density at radius 1 is 1.41 bits per heavy atom. The molecule has 1 aromatic rings. The number of nitrogens with zero attached hydrogens (tertiary/aromatic N) is 1. The third kappa shape index (κ3) is 5.31. The summed E-state index contributed by atoms with van der Waals surface area (Å²) in [5, 5.41) is 10.5. The van der Waals surface area contributed by atoms with Crippen LogP contribution in [0.15, 0.2) is 30.3 Å². The van der Waals surface area contributed by atoms with Crippen LogP contribution in [0.25, 0.3) is 6.08 Å². The van der Waals surface area contributed by atoms with Crippen molar-refractivity contribution >= 4 is 28.6 Å². The Hall–Kier alpha value is -1.62. The van der Waals surface area contributed by atoms with Crippen LogP contribution in [0, 0.1) is 10.1 Å². The second-order valence-electron chi connectivity index (χ2n) is 3.38. The van der Waals surface area contributed by atoms with Crippen molar-refractivity contribution in [2.75, 3.05) is 5.75 Å². The van der Waals surface area contributed by atoms with Crippen molar-refractivity contribution in [2.24, 2.45) is 0 Å². The minimum absolute atomic E-state index is 0.0919. The topological polar surface area (TPSA) is 60.2 Å². The van der Waals surface area contributed by atoms with E-state index in [1.807, 2.05) is 12.2 Å². The lowest BCUT2D eigenvalue weighted by atomic mass is 10.2. The molecule has 0 fully saturated rings. The van der Waals surface area contributed by atoms with Crippen molar-refractivity contribution in [2.45, 2.75) is 13.3 Å². The third-order valence-corrected chi connectivity index (χ3v) is 2.85. The summed E-state index contributed by atoms with van der Waals surface area (Å²) < 4.78 is 0. The predicted octanol–water partition coefficient (Wildman–Crippen LogP) is 3.28. The second-order valence-corrected chi connectivity index (χ2v) is 4.65. The Balaban J connectivity index is 2.43. The Morgan fingerprint density at radius 2 is 2.06 bits per heavy atom. The first-order valence-corrected chi connectivity index (χ1v) is 6.12. The largest absolute Gasteiger partial charge is 0.288 e. The fraction of sp³-hybridized carbons (Fsp3) is 0.250. The van der Waals surface area contributed by atoms with Gasteiger partial charge in [0, 0.05) is 24.8 Å². The Morgan fingerprint density at radius 3 is 2.59 bits per heavy atom. The highest BCUT2D eigenvalue weighted by atomic mass is 32.2. The molecule has 0 bridgehead atoms. The molecule has 0 atom stereocenters. The van der Waals surface area contributed by atoms with Crippen LogP contribution in [0.4, 0.5) is 5.69 Å². The molecule has 0 aliphatic carbocycles. The van der Waals surface area contributed by atoms with Crippen molar-refractivity contribution < 1.29 is 9.72 Å². The maximum atomic E-state index is 10.7. The summed E-state index contributed by atoms with van der Waals surface area (Å²) in [4.78, 5) is 20.7. The molecule has 4 nitrogen and oxygen atoms in total. The zero-order valence-electron chi connectivity index (χ0n) is 9.46. The first-order valence-electron chi connectivity index (χ1n) is 5.14. The van der Waals surface area contributed by atoms with Gasteiger partial charge in [0.2, 0.25) is 0 Å². The van der Waals surface area contributed by atoms with Crippen molar-refractivity contribution in [3.63, 3.8) is 0 Å². The van der Waals surface area contributed by atoms with Crippen LogP contribution in [0.5, 0.6) is 0 Å². The molecule has 0 heterocycles. The van der Waals surface area contributed by atoms with E-state index in [1.165, 1.54) is 23.9 Å². The molecule has 0 unspecified atom stereocenters. The van der Waals surface area contributed by atoms with Gasteiger partial charge in [-0.3, -0.25) is 14.9 Å². The van der Waals surface area contributed by atoms with Gasteiger partial charge in [0.15, 0.2) is 5.12 Å². The minimum atomic E-state index is -0.420. The molecule has 0 saturated heterocycles. The fourth-order valence-electron chi connectivity index (χ4n) is 1.20. The average molecular weight is 251 g/mol. The van der Waals surface area contributed by atoms with Gasteiger partial charge in [0.05, 0.1) is 4.92 Å². The molecule has 0 saturated carbocycles. The molecule has 17 heavy (non-hydrogen) atoms. The van der Waals surface area contributed by atoms with Crippen LogP contribution in [-0.4, -0.2) is 15.8 Å². The number of carbonyl (C=O) groups excluding carboxylic acids is 1. The number of hydrogen-bond acceptors (Lipinski definition) is 4. The summed E-state index contributed by atoms with van der Waals surface area (Å²) in [6.45, 7) is 1.55. The molecule has 0 radical (unpaired) electrons.